The summed E-state index contributed by atoms with van der Waals surface area (Å²) in [6.07, 6.45) is 0. The molecule has 0 radical (unpaired) electrons. The van der Waals surface area contributed by atoms with Crippen molar-refractivity contribution in [1.82, 2.24) is 0 Å². The van der Waals surface area contributed by atoms with E-state index in [9.17, 15) is 19.2 Å². The van der Waals surface area contributed by atoms with Crippen LogP contribution in [0.4, 0.5) is 16.2 Å². The molecule has 3 amide bonds. The molecule has 9 heteroatoms. The maximum absolute atomic E-state index is 12.1. The maximum atomic E-state index is 12.1. The Morgan fingerprint density at radius 3 is 2.21 bits per heavy atom. The molecular formula is C19H19N3O6. The highest BCUT2D eigenvalue weighted by Gasteiger charge is 2.15. The van der Waals surface area contributed by atoms with E-state index in [4.69, 9.17) is 15.2 Å². The van der Waals surface area contributed by atoms with Gasteiger partial charge in [0.15, 0.2) is 6.61 Å². The Hall–Kier alpha value is -3.88. The smallest absolute Gasteiger partial charge is 0.340 e. The van der Waals surface area contributed by atoms with Crippen LogP contribution in [0.2, 0.25) is 0 Å². The number of benzene rings is 2. The second-order valence-corrected chi connectivity index (χ2v) is 5.46. The van der Waals surface area contributed by atoms with Crippen LogP contribution >= 0.6 is 0 Å². The van der Waals surface area contributed by atoms with Gasteiger partial charge in [-0.1, -0.05) is 12.1 Å². The number of carbonyl (C=O) groups is 4. The van der Waals surface area contributed by atoms with Crippen LogP contribution < -0.4 is 16.4 Å². The van der Waals surface area contributed by atoms with Crippen molar-refractivity contribution in [2.75, 3.05) is 23.8 Å². The van der Waals surface area contributed by atoms with Crippen LogP contribution in [0, 0.1) is 0 Å². The second kappa shape index (κ2) is 9.72. The third-order valence-corrected chi connectivity index (χ3v) is 3.42. The standard InChI is InChI=1S/C19H19N3O6/c1-2-27-18(25)14-5-3-4-6-15(14)22-16(23)11-28-17(24)12-7-9-13(10-8-12)21-19(20)26/h3-10H,2,11H2,1H3,(H,22,23)(H3,20,21,26). The Kier molecular flexibility index (Phi) is 7.09. The van der Waals surface area contributed by atoms with E-state index in [2.05, 4.69) is 10.6 Å². The summed E-state index contributed by atoms with van der Waals surface area (Å²) in [5.41, 5.74) is 6.05. The van der Waals surface area contributed by atoms with Gasteiger partial charge in [-0.05, 0) is 43.3 Å². The van der Waals surface area contributed by atoms with E-state index in [0.717, 1.165) is 0 Å². The summed E-state index contributed by atoms with van der Waals surface area (Å²) in [6, 6.07) is 11.4. The number of esters is 2. The van der Waals surface area contributed by atoms with Crippen molar-refractivity contribution in [3.63, 3.8) is 0 Å². The highest BCUT2D eigenvalue weighted by molar-refractivity contribution is 6.02. The van der Waals surface area contributed by atoms with Crippen molar-refractivity contribution < 1.29 is 28.7 Å². The van der Waals surface area contributed by atoms with Crippen LogP contribution in [-0.4, -0.2) is 37.1 Å². The molecular weight excluding hydrogens is 366 g/mol. The van der Waals surface area contributed by atoms with Crippen molar-refractivity contribution in [3.05, 3.63) is 59.7 Å². The lowest BCUT2D eigenvalue weighted by atomic mass is 10.2. The second-order valence-electron chi connectivity index (χ2n) is 5.46. The minimum atomic E-state index is -0.727. The lowest BCUT2D eigenvalue weighted by molar-refractivity contribution is -0.119. The summed E-state index contributed by atoms with van der Waals surface area (Å²) in [4.78, 5) is 46.7. The largest absolute Gasteiger partial charge is 0.462 e. The van der Waals surface area contributed by atoms with Gasteiger partial charge in [0.2, 0.25) is 0 Å². The zero-order valence-corrected chi connectivity index (χ0v) is 15.1. The number of urea groups is 1. The molecule has 0 aliphatic rings. The summed E-state index contributed by atoms with van der Waals surface area (Å²) >= 11 is 0. The fourth-order valence-corrected chi connectivity index (χ4v) is 2.21. The molecule has 0 atom stereocenters. The van der Waals surface area contributed by atoms with Gasteiger partial charge >= 0.3 is 18.0 Å². The zero-order chi connectivity index (χ0) is 20.5. The SMILES string of the molecule is CCOC(=O)c1ccccc1NC(=O)COC(=O)c1ccc(NC(N)=O)cc1. The lowest BCUT2D eigenvalue weighted by Gasteiger charge is -2.10. The first kappa shape index (κ1) is 20.4. The molecule has 0 saturated heterocycles. The van der Waals surface area contributed by atoms with Gasteiger partial charge in [0, 0.05) is 5.69 Å². The number of hydrogen-bond donors (Lipinski definition) is 3. The number of hydrogen-bond acceptors (Lipinski definition) is 6. The molecule has 0 aliphatic heterocycles. The van der Waals surface area contributed by atoms with Crippen molar-refractivity contribution in [2.24, 2.45) is 5.73 Å². The number of amides is 3. The monoisotopic (exact) mass is 385 g/mol. The molecule has 4 N–H and O–H groups in total. The Balaban J connectivity index is 1.93. The van der Waals surface area contributed by atoms with E-state index in [1.165, 1.54) is 36.4 Å². The predicted molar refractivity (Wildman–Crippen MR) is 101 cm³/mol. The molecule has 0 unspecified atom stereocenters. The highest BCUT2D eigenvalue weighted by Crippen LogP contribution is 2.16. The molecule has 0 spiro atoms. The molecule has 0 saturated carbocycles. The zero-order valence-electron chi connectivity index (χ0n) is 15.1. The van der Waals surface area contributed by atoms with Crippen LogP contribution in [0.1, 0.15) is 27.6 Å². The van der Waals surface area contributed by atoms with Gasteiger partial charge in [-0.2, -0.15) is 0 Å². The van der Waals surface area contributed by atoms with Crippen LogP contribution in [0.5, 0.6) is 0 Å². The van der Waals surface area contributed by atoms with Crippen LogP contribution in [-0.2, 0) is 14.3 Å². The summed E-state index contributed by atoms with van der Waals surface area (Å²) < 4.78 is 9.88. The first-order chi connectivity index (χ1) is 13.4. The van der Waals surface area contributed by atoms with Crippen molar-refractivity contribution in [2.45, 2.75) is 6.92 Å². The van der Waals surface area contributed by atoms with Gasteiger partial charge in [-0.15, -0.1) is 0 Å². The third-order valence-electron chi connectivity index (χ3n) is 3.42. The molecule has 9 nitrogen and oxygen atoms in total. The normalized spacial score (nSPS) is 9.89. The fraction of sp³-hybridized carbons (Fsp3) is 0.158. The quantitative estimate of drug-likeness (QED) is 0.625. The average Bonchev–Trinajstić information content (AvgIpc) is 2.67. The summed E-state index contributed by atoms with van der Waals surface area (Å²) in [5.74, 6) is -1.91. The minimum Gasteiger partial charge on any atom is -0.462 e. The molecule has 0 heterocycles. The molecule has 0 aromatic heterocycles. The summed E-state index contributed by atoms with van der Waals surface area (Å²) in [6.45, 7) is 1.33. The van der Waals surface area contributed by atoms with Gasteiger partial charge in [-0.3, -0.25) is 4.79 Å². The Morgan fingerprint density at radius 1 is 0.893 bits per heavy atom. The predicted octanol–water partition coefficient (Wildman–Crippen LogP) is 2.15. The van der Waals surface area contributed by atoms with E-state index in [1.54, 1.807) is 19.1 Å². The first-order valence-electron chi connectivity index (χ1n) is 8.30. The van der Waals surface area contributed by atoms with Gasteiger partial charge < -0.3 is 25.8 Å². The fourth-order valence-electron chi connectivity index (χ4n) is 2.21. The molecule has 2 aromatic carbocycles. The van der Waals surface area contributed by atoms with E-state index >= 15 is 0 Å². The molecule has 28 heavy (non-hydrogen) atoms. The lowest BCUT2D eigenvalue weighted by Crippen LogP contribution is -2.22. The Labute approximate surface area is 160 Å². The Bertz CT molecular complexity index is 879. The first-order valence-corrected chi connectivity index (χ1v) is 8.30. The maximum Gasteiger partial charge on any atom is 0.340 e. The number of anilines is 2. The number of nitrogens with two attached hydrogens (primary N) is 1. The van der Waals surface area contributed by atoms with E-state index in [-0.39, 0.29) is 23.4 Å². The van der Waals surface area contributed by atoms with Crippen molar-refractivity contribution in [3.8, 4) is 0 Å². The van der Waals surface area contributed by atoms with Crippen molar-refractivity contribution >= 4 is 35.3 Å². The number of rotatable bonds is 7. The minimum absolute atomic E-state index is 0.190. The number of para-hydroxylation sites is 1. The van der Waals surface area contributed by atoms with Gasteiger partial charge in [0.05, 0.1) is 23.4 Å². The van der Waals surface area contributed by atoms with E-state index < -0.39 is 30.5 Å². The molecule has 0 fully saturated rings. The Morgan fingerprint density at radius 2 is 1.57 bits per heavy atom. The topological polar surface area (TPSA) is 137 Å². The average molecular weight is 385 g/mol. The van der Waals surface area contributed by atoms with Gasteiger partial charge in [0.1, 0.15) is 0 Å². The number of carbonyl (C=O) groups excluding carboxylic acids is 4. The molecule has 0 bridgehead atoms. The molecule has 0 aliphatic carbocycles. The molecule has 146 valence electrons. The van der Waals surface area contributed by atoms with Crippen molar-refractivity contribution in [1.29, 1.82) is 0 Å². The van der Waals surface area contributed by atoms with Gasteiger partial charge in [0.25, 0.3) is 5.91 Å². The third kappa shape index (κ3) is 5.84. The van der Waals surface area contributed by atoms with E-state index in [0.29, 0.717) is 5.69 Å². The molecule has 2 rings (SSSR count). The van der Waals surface area contributed by atoms with Gasteiger partial charge in [-0.25, -0.2) is 14.4 Å². The molecule has 2 aromatic rings. The highest BCUT2D eigenvalue weighted by atomic mass is 16.5. The van der Waals surface area contributed by atoms with Crippen LogP contribution in [0.3, 0.4) is 0 Å². The summed E-state index contributed by atoms with van der Waals surface area (Å²) in [5, 5.41) is 4.87. The van der Waals surface area contributed by atoms with Crippen LogP contribution in [0.15, 0.2) is 48.5 Å². The number of nitrogens with one attached hydrogen (secondary N) is 2. The summed E-state index contributed by atoms with van der Waals surface area (Å²) in [7, 11) is 0. The number of primary amides is 1. The number of ether oxygens (including phenoxy) is 2. The van der Waals surface area contributed by atoms with Crippen LogP contribution in [0.25, 0.3) is 0 Å². The van der Waals surface area contributed by atoms with E-state index in [1.807, 2.05) is 0 Å².